The summed E-state index contributed by atoms with van der Waals surface area (Å²) in [5.74, 6) is 0.542. The molecule has 1 aromatic rings. The maximum absolute atomic E-state index is 11.9. The summed E-state index contributed by atoms with van der Waals surface area (Å²) in [4.78, 5) is 2.23. The van der Waals surface area contributed by atoms with Gasteiger partial charge in [-0.05, 0) is 18.6 Å². The van der Waals surface area contributed by atoms with Gasteiger partial charge in [-0.3, -0.25) is 0 Å². The molecular formula is C12H15N3O2S. The number of nitrogens with two attached hydrogens (primary N) is 1. The van der Waals surface area contributed by atoms with Gasteiger partial charge in [0.1, 0.15) is 4.90 Å². The van der Waals surface area contributed by atoms with Crippen LogP contribution in [0.3, 0.4) is 0 Å². The molecule has 1 fully saturated rings. The molecule has 1 saturated heterocycles. The van der Waals surface area contributed by atoms with Crippen LogP contribution in [0.4, 0.5) is 0 Å². The number of nitrogens with zero attached hydrogens (tertiary/aromatic N) is 2. The van der Waals surface area contributed by atoms with Crippen LogP contribution in [-0.2, 0) is 10.0 Å². The topological polar surface area (TPSA) is 75.8 Å². The van der Waals surface area contributed by atoms with Gasteiger partial charge in [0, 0.05) is 18.7 Å². The number of amidine groups is 1. The smallest absolute Gasteiger partial charge is 0.285 e. The summed E-state index contributed by atoms with van der Waals surface area (Å²) in [6.45, 7) is 3.36. The second-order valence-corrected chi connectivity index (χ2v) is 6.53. The molecule has 0 radical (unpaired) electrons. The van der Waals surface area contributed by atoms with Gasteiger partial charge in [0.25, 0.3) is 10.0 Å². The van der Waals surface area contributed by atoms with Crippen LogP contribution >= 0.6 is 0 Å². The van der Waals surface area contributed by atoms with E-state index < -0.39 is 10.0 Å². The Morgan fingerprint density at radius 2 is 2.06 bits per heavy atom. The zero-order valence-corrected chi connectivity index (χ0v) is 10.9. The number of hydrogen-bond acceptors (Lipinski definition) is 4. The minimum absolute atomic E-state index is 0.205. The predicted molar refractivity (Wildman–Crippen MR) is 68.9 cm³/mol. The van der Waals surface area contributed by atoms with Crippen LogP contribution < -0.4 is 5.73 Å². The molecule has 0 aromatic heterocycles. The average Bonchev–Trinajstić information content (AvgIpc) is 2.58. The fourth-order valence-electron chi connectivity index (χ4n) is 2.40. The van der Waals surface area contributed by atoms with Crippen molar-refractivity contribution >= 4 is 15.9 Å². The van der Waals surface area contributed by atoms with Crippen molar-refractivity contribution in [2.24, 2.45) is 10.1 Å². The van der Waals surface area contributed by atoms with Gasteiger partial charge in [0.05, 0.1) is 5.54 Å². The summed E-state index contributed by atoms with van der Waals surface area (Å²) >= 11 is 0. The average molecular weight is 265 g/mol. The first-order chi connectivity index (χ1) is 8.45. The summed E-state index contributed by atoms with van der Waals surface area (Å²) in [6, 6.07) is 6.92. The zero-order valence-electron chi connectivity index (χ0n) is 10.1. The van der Waals surface area contributed by atoms with Crippen molar-refractivity contribution in [3.8, 4) is 0 Å². The van der Waals surface area contributed by atoms with E-state index in [0.717, 1.165) is 6.42 Å². The maximum Gasteiger partial charge on any atom is 0.285 e. The van der Waals surface area contributed by atoms with Gasteiger partial charge in [-0.25, -0.2) is 0 Å². The third-order valence-corrected chi connectivity index (χ3v) is 4.95. The summed E-state index contributed by atoms with van der Waals surface area (Å²) in [5, 5.41) is 0. The second-order valence-electron chi connectivity index (χ2n) is 4.96. The number of likely N-dealkylation sites (tertiary alicyclic amines) is 1. The molecule has 0 bridgehead atoms. The van der Waals surface area contributed by atoms with Gasteiger partial charge in [-0.15, -0.1) is 4.40 Å². The van der Waals surface area contributed by atoms with Gasteiger partial charge < -0.3 is 10.6 Å². The molecule has 2 aliphatic heterocycles. The van der Waals surface area contributed by atoms with Crippen LogP contribution in [0.25, 0.3) is 0 Å². The Morgan fingerprint density at radius 3 is 2.72 bits per heavy atom. The third-order valence-electron chi connectivity index (χ3n) is 3.63. The third kappa shape index (κ3) is 1.56. The van der Waals surface area contributed by atoms with Gasteiger partial charge in [-0.2, -0.15) is 8.42 Å². The van der Waals surface area contributed by atoms with Crippen LogP contribution in [0.2, 0.25) is 0 Å². The van der Waals surface area contributed by atoms with E-state index in [1.54, 1.807) is 18.2 Å². The molecule has 3 rings (SSSR count). The molecule has 18 heavy (non-hydrogen) atoms. The highest BCUT2D eigenvalue weighted by molar-refractivity contribution is 7.90. The van der Waals surface area contributed by atoms with Crippen LogP contribution in [0.1, 0.15) is 18.9 Å². The molecule has 5 nitrogen and oxygen atoms in total. The molecule has 0 unspecified atom stereocenters. The molecule has 0 spiro atoms. The van der Waals surface area contributed by atoms with E-state index in [4.69, 9.17) is 5.73 Å². The number of hydrogen-bond donors (Lipinski definition) is 1. The number of benzene rings is 1. The van der Waals surface area contributed by atoms with E-state index in [9.17, 15) is 8.42 Å². The highest BCUT2D eigenvalue weighted by Crippen LogP contribution is 2.31. The summed E-state index contributed by atoms with van der Waals surface area (Å²) in [7, 11) is -3.51. The van der Waals surface area contributed by atoms with E-state index in [0.29, 0.717) is 29.4 Å². The molecule has 0 amide bonds. The van der Waals surface area contributed by atoms with E-state index in [-0.39, 0.29) is 5.54 Å². The van der Waals surface area contributed by atoms with Gasteiger partial charge in [0.2, 0.25) is 0 Å². The second kappa shape index (κ2) is 3.55. The fourth-order valence-corrected chi connectivity index (χ4v) is 3.63. The lowest BCUT2D eigenvalue weighted by molar-refractivity contribution is 0.142. The Morgan fingerprint density at radius 1 is 1.39 bits per heavy atom. The minimum atomic E-state index is -3.51. The van der Waals surface area contributed by atoms with Crippen molar-refractivity contribution < 1.29 is 8.42 Å². The van der Waals surface area contributed by atoms with Gasteiger partial charge >= 0.3 is 0 Å². The van der Waals surface area contributed by atoms with Crippen molar-refractivity contribution in [1.29, 1.82) is 0 Å². The molecule has 96 valence electrons. The Kier molecular flexibility index (Phi) is 2.30. The number of rotatable bonds is 1. The van der Waals surface area contributed by atoms with Crippen molar-refractivity contribution in [1.82, 2.24) is 4.90 Å². The van der Waals surface area contributed by atoms with Crippen molar-refractivity contribution in [3.05, 3.63) is 29.8 Å². The van der Waals surface area contributed by atoms with E-state index >= 15 is 0 Å². The Hall–Kier alpha value is -1.40. The first kappa shape index (κ1) is 11.7. The fraction of sp³-hybridized carbons (Fsp3) is 0.417. The Labute approximate surface area is 106 Å². The zero-order chi connectivity index (χ0) is 13.0. The van der Waals surface area contributed by atoms with Crippen LogP contribution in [-0.4, -0.2) is 37.8 Å². The Balaban J connectivity index is 1.97. The molecule has 0 saturated carbocycles. The largest absolute Gasteiger partial charge is 0.352 e. The van der Waals surface area contributed by atoms with Gasteiger partial charge in [0.15, 0.2) is 5.84 Å². The van der Waals surface area contributed by atoms with E-state index in [1.165, 1.54) is 0 Å². The number of sulfonamides is 1. The molecule has 0 aliphatic carbocycles. The van der Waals surface area contributed by atoms with E-state index in [2.05, 4.69) is 4.40 Å². The first-order valence-electron chi connectivity index (χ1n) is 5.93. The van der Waals surface area contributed by atoms with Gasteiger partial charge in [-0.1, -0.05) is 19.1 Å². The van der Waals surface area contributed by atoms with Crippen molar-refractivity contribution in [3.63, 3.8) is 0 Å². The van der Waals surface area contributed by atoms with Crippen LogP contribution in [0.5, 0.6) is 0 Å². The van der Waals surface area contributed by atoms with Crippen LogP contribution in [0.15, 0.2) is 33.6 Å². The lowest BCUT2D eigenvalue weighted by Crippen LogP contribution is -2.68. The summed E-state index contributed by atoms with van der Waals surface area (Å²) < 4.78 is 27.7. The first-order valence-corrected chi connectivity index (χ1v) is 7.37. The minimum Gasteiger partial charge on any atom is -0.352 e. The standard InChI is InChI=1S/C12H15N3O2S/c1-2-12(13)7-15(8-12)11-9-5-3-4-6-10(9)18(16,17)14-11/h3-6H,2,7-8,13H2,1H3. The molecule has 2 aliphatic rings. The predicted octanol–water partition coefficient (Wildman–Crippen LogP) is 0.559. The lowest BCUT2D eigenvalue weighted by atomic mass is 9.87. The molecule has 0 atom stereocenters. The number of fused-ring (bicyclic) bond motifs is 1. The molecule has 1 aromatic carbocycles. The highest BCUT2D eigenvalue weighted by atomic mass is 32.2. The highest BCUT2D eigenvalue weighted by Gasteiger charge is 2.43. The quantitative estimate of drug-likeness (QED) is 0.805. The molecular weight excluding hydrogens is 250 g/mol. The SMILES string of the molecule is CCC1(N)CN(C2=NS(=O)(=O)c3ccccc32)C1. The summed E-state index contributed by atoms with van der Waals surface area (Å²) in [5.41, 5.74) is 6.59. The summed E-state index contributed by atoms with van der Waals surface area (Å²) in [6.07, 6.45) is 0.880. The van der Waals surface area contributed by atoms with E-state index in [1.807, 2.05) is 17.9 Å². The maximum atomic E-state index is 11.9. The Bertz CT molecular complexity index is 630. The monoisotopic (exact) mass is 265 g/mol. The van der Waals surface area contributed by atoms with Crippen LogP contribution in [0, 0.1) is 0 Å². The normalized spacial score (nSPS) is 23.2. The molecule has 2 heterocycles. The van der Waals surface area contributed by atoms with Crippen molar-refractivity contribution in [2.45, 2.75) is 23.8 Å². The lowest BCUT2D eigenvalue weighted by Gasteiger charge is -2.48. The molecule has 2 N–H and O–H groups in total. The van der Waals surface area contributed by atoms with Crippen molar-refractivity contribution in [2.75, 3.05) is 13.1 Å². The molecule has 6 heteroatoms.